The normalized spacial score (nSPS) is 9.90. The van der Waals surface area contributed by atoms with Crippen molar-refractivity contribution < 1.29 is 9.59 Å². The van der Waals surface area contributed by atoms with Crippen LogP contribution in [0.25, 0.3) is 0 Å². The van der Waals surface area contributed by atoms with Gasteiger partial charge in [-0.25, -0.2) is 4.79 Å². The average Bonchev–Trinajstić information content (AvgIpc) is 2.48. The van der Waals surface area contributed by atoms with E-state index in [-0.39, 0.29) is 11.8 Å². The summed E-state index contributed by atoms with van der Waals surface area (Å²) in [5, 5.41) is 2.76. The van der Waals surface area contributed by atoms with Gasteiger partial charge in [-0.15, -0.1) is 0 Å². The Morgan fingerprint density at radius 2 is 1.65 bits per heavy atom. The Hall–Kier alpha value is -2.69. The van der Waals surface area contributed by atoms with Gasteiger partial charge in [-0.3, -0.25) is 14.7 Å². The molecule has 102 valence electrons. The molecule has 0 aliphatic carbocycles. The molecule has 0 aliphatic rings. The van der Waals surface area contributed by atoms with Gasteiger partial charge in [0.2, 0.25) is 0 Å². The summed E-state index contributed by atoms with van der Waals surface area (Å²) < 4.78 is 0. The fourth-order valence-corrected chi connectivity index (χ4v) is 1.68. The molecule has 2 aromatic rings. The number of pyridine rings is 1. The van der Waals surface area contributed by atoms with Crippen molar-refractivity contribution in [2.75, 3.05) is 17.3 Å². The Labute approximate surface area is 117 Å². The Balaban J connectivity index is 2.06. The minimum atomic E-state index is -0.258. The number of urea groups is 1. The zero-order chi connectivity index (χ0) is 14.5. The molecule has 0 unspecified atom stereocenters. The minimum Gasteiger partial charge on any atom is -0.308 e. The van der Waals surface area contributed by atoms with Crippen molar-refractivity contribution in [3.63, 3.8) is 0 Å². The number of rotatable bonds is 3. The van der Waals surface area contributed by atoms with Crippen molar-refractivity contribution in [2.24, 2.45) is 0 Å². The number of anilines is 2. The van der Waals surface area contributed by atoms with E-state index in [1.54, 1.807) is 55.8 Å². The summed E-state index contributed by atoms with van der Waals surface area (Å²) in [5.41, 5.74) is 2.00. The second kappa shape index (κ2) is 5.97. The van der Waals surface area contributed by atoms with E-state index in [9.17, 15) is 9.59 Å². The number of carbonyl (C=O) groups is 2. The van der Waals surface area contributed by atoms with Crippen LogP contribution in [-0.2, 0) is 0 Å². The maximum atomic E-state index is 12.1. The average molecular weight is 269 g/mol. The number of benzene rings is 1. The van der Waals surface area contributed by atoms with E-state index in [1.165, 1.54) is 11.8 Å². The first-order chi connectivity index (χ1) is 9.58. The summed E-state index contributed by atoms with van der Waals surface area (Å²) >= 11 is 0. The summed E-state index contributed by atoms with van der Waals surface area (Å²) in [6.07, 6.45) is 3.25. The van der Waals surface area contributed by atoms with Crippen molar-refractivity contribution >= 4 is 23.2 Å². The van der Waals surface area contributed by atoms with Crippen molar-refractivity contribution in [3.05, 3.63) is 54.4 Å². The predicted molar refractivity (Wildman–Crippen MR) is 78.1 cm³/mol. The van der Waals surface area contributed by atoms with Crippen LogP contribution in [0.3, 0.4) is 0 Å². The van der Waals surface area contributed by atoms with Crippen LogP contribution in [0.1, 0.15) is 17.3 Å². The Morgan fingerprint density at radius 1 is 1.05 bits per heavy atom. The van der Waals surface area contributed by atoms with E-state index >= 15 is 0 Å². The third kappa shape index (κ3) is 3.20. The van der Waals surface area contributed by atoms with Gasteiger partial charge in [0.25, 0.3) is 0 Å². The highest BCUT2D eigenvalue weighted by molar-refractivity contribution is 6.01. The number of amides is 2. The van der Waals surface area contributed by atoms with E-state index in [0.717, 1.165) is 5.69 Å². The van der Waals surface area contributed by atoms with Crippen molar-refractivity contribution in [1.82, 2.24) is 4.98 Å². The zero-order valence-corrected chi connectivity index (χ0v) is 11.3. The molecule has 5 heteroatoms. The van der Waals surface area contributed by atoms with Gasteiger partial charge < -0.3 is 5.32 Å². The monoisotopic (exact) mass is 269 g/mol. The Kier molecular flexibility index (Phi) is 4.10. The first kappa shape index (κ1) is 13.7. The zero-order valence-electron chi connectivity index (χ0n) is 11.3. The largest absolute Gasteiger partial charge is 0.326 e. The summed E-state index contributed by atoms with van der Waals surface area (Å²) in [6.45, 7) is 1.50. The predicted octanol–water partition coefficient (Wildman–Crippen LogP) is 2.95. The molecule has 1 heterocycles. The highest BCUT2D eigenvalue weighted by atomic mass is 16.2. The molecule has 1 aromatic carbocycles. The molecule has 2 amide bonds. The van der Waals surface area contributed by atoms with Gasteiger partial charge in [-0.2, -0.15) is 0 Å². The molecule has 1 aromatic heterocycles. The lowest BCUT2D eigenvalue weighted by atomic mass is 10.1. The Morgan fingerprint density at radius 3 is 2.20 bits per heavy atom. The molecule has 5 nitrogen and oxygen atoms in total. The number of nitrogens with zero attached hydrogens (tertiary/aromatic N) is 2. The van der Waals surface area contributed by atoms with Crippen molar-refractivity contribution in [2.45, 2.75) is 6.92 Å². The van der Waals surface area contributed by atoms with Crippen molar-refractivity contribution in [1.29, 1.82) is 0 Å². The molecular formula is C15H15N3O2. The number of carbonyl (C=O) groups excluding carboxylic acids is 2. The van der Waals surface area contributed by atoms with E-state index in [4.69, 9.17) is 0 Å². The number of hydrogen-bond acceptors (Lipinski definition) is 3. The maximum absolute atomic E-state index is 12.1. The summed E-state index contributed by atoms with van der Waals surface area (Å²) in [7, 11) is 1.68. The molecule has 0 radical (unpaired) electrons. The highest BCUT2D eigenvalue weighted by Gasteiger charge is 2.10. The molecule has 20 heavy (non-hydrogen) atoms. The van der Waals surface area contributed by atoms with Gasteiger partial charge in [0, 0.05) is 36.4 Å². The number of Topliss-reactive ketones (excluding diaryl/α,β-unsaturated/α-hetero) is 1. The van der Waals surface area contributed by atoms with E-state index in [1.807, 2.05) is 0 Å². The van der Waals surface area contributed by atoms with Crippen LogP contribution in [0.5, 0.6) is 0 Å². The van der Waals surface area contributed by atoms with Gasteiger partial charge in [0.05, 0.1) is 0 Å². The second-order valence-electron chi connectivity index (χ2n) is 4.33. The molecule has 0 atom stereocenters. The van der Waals surface area contributed by atoms with Crippen LogP contribution in [-0.4, -0.2) is 23.8 Å². The topological polar surface area (TPSA) is 62.3 Å². The van der Waals surface area contributed by atoms with Crippen LogP contribution < -0.4 is 10.2 Å². The fourth-order valence-electron chi connectivity index (χ4n) is 1.68. The van der Waals surface area contributed by atoms with Gasteiger partial charge in [0.15, 0.2) is 5.78 Å². The standard InChI is InChI=1S/C15H15N3O2/c1-11(19)12-3-5-13(6-4-12)17-15(20)18(2)14-7-9-16-10-8-14/h3-10H,1-2H3,(H,17,20). The van der Waals surface area contributed by atoms with Crippen LogP contribution in [0.15, 0.2) is 48.8 Å². The number of nitrogens with one attached hydrogen (secondary N) is 1. The fraction of sp³-hybridized carbons (Fsp3) is 0.133. The minimum absolute atomic E-state index is 0.00298. The SMILES string of the molecule is CC(=O)c1ccc(NC(=O)N(C)c2ccncc2)cc1. The van der Waals surface area contributed by atoms with Crippen molar-refractivity contribution in [3.8, 4) is 0 Å². The molecule has 0 saturated heterocycles. The smallest absolute Gasteiger partial charge is 0.308 e. The van der Waals surface area contributed by atoms with Crippen LogP contribution in [0.4, 0.5) is 16.2 Å². The molecule has 0 fully saturated rings. The molecular weight excluding hydrogens is 254 g/mol. The molecule has 1 N–H and O–H groups in total. The van der Waals surface area contributed by atoms with E-state index in [2.05, 4.69) is 10.3 Å². The second-order valence-corrected chi connectivity index (χ2v) is 4.33. The summed E-state index contributed by atoms with van der Waals surface area (Å²) in [5.74, 6) is -0.00298. The number of aromatic nitrogens is 1. The van der Waals surface area contributed by atoms with Gasteiger partial charge in [-0.05, 0) is 43.3 Å². The molecule has 0 aliphatic heterocycles. The maximum Gasteiger partial charge on any atom is 0.326 e. The molecule has 0 spiro atoms. The lowest BCUT2D eigenvalue weighted by Gasteiger charge is -2.17. The lowest BCUT2D eigenvalue weighted by molar-refractivity contribution is 0.101. The summed E-state index contributed by atoms with van der Waals surface area (Å²) in [4.78, 5) is 28.6. The first-order valence-corrected chi connectivity index (χ1v) is 6.13. The third-order valence-corrected chi connectivity index (χ3v) is 2.90. The first-order valence-electron chi connectivity index (χ1n) is 6.13. The molecule has 0 saturated carbocycles. The van der Waals surface area contributed by atoms with Gasteiger partial charge in [0.1, 0.15) is 0 Å². The third-order valence-electron chi connectivity index (χ3n) is 2.90. The molecule has 0 bridgehead atoms. The van der Waals surface area contributed by atoms with Crippen LogP contribution >= 0.6 is 0 Å². The van der Waals surface area contributed by atoms with Gasteiger partial charge >= 0.3 is 6.03 Å². The number of hydrogen-bond donors (Lipinski definition) is 1. The quantitative estimate of drug-likeness (QED) is 0.871. The van der Waals surface area contributed by atoms with Crippen LogP contribution in [0.2, 0.25) is 0 Å². The van der Waals surface area contributed by atoms with E-state index in [0.29, 0.717) is 11.3 Å². The number of ketones is 1. The lowest BCUT2D eigenvalue weighted by Crippen LogP contribution is -2.31. The summed E-state index contributed by atoms with van der Waals surface area (Å²) in [6, 6.07) is 10.0. The van der Waals surface area contributed by atoms with Crippen LogP contribution in [0, 0.1) is 0 Å². The van der Waals surface area contributed by atoms with Gasteiger partial charge in [-0.1, -0.05) is 0 Å². The molecule has 2 rings (SSSR count). The Bertz CT molecular complexity index is 609. The van der Waals surface area contributed by atoms with E-state index < -0.39 is 0 Å². The highest BCUT2D eigenvalue weighted by Crippen LogP contribution is 2.14.